The number of alkyl halides is 1. The van der Waals surface area contributed by atoms with Crippen LogP contribution in [-0.4, -0.2) is 53.6 Å². The minimum absolute atomic E-state index is 0.0108. The molecule has 1 fully saturated rings. The number of hydrogen-bond donors (Lipinski definition) is 0. The highest BCUT2D eigenvalue weighted by atomic mass is 32.1. The first-order chi connectivity index (χ1) is 10.5. The molecule has 0 aliphatic carbocycles. The summed E-state index contributed by atoms with van der Waals surface area (Å²) < 4.78 is 20.2. The van der Waals surface area contributed by atoms with E-state index in [1.54, 1.807) is 10.8 Å². The van der Waals surface area contributed by atoms with E-state index in [0.717, 1.165) is 15.4 Å². The lowest BCUT2D eigenvalue weighted by Crippen LogP contribution is -2.62. The molecule has 3 rings (SSSR count). The normalized spacial score (nSPS) is 25.1. The van der Waals surface area contributed by atoms with Gasteiger partial charge in [0.25, 0.3) is 17.6 Å². The van der Waals surface area contributed by atoms with Crippen molar-refractivity contribution in [3.63, 3.8) is 0 Å². The third-order valence-electron chi connectivity index (χ3n) is 4.04. The first-order valence-electron chi connectivity index (χ1n) is 6.88. The number of hydrogen-bond acceptors (Lipinski definition) is 5. The summed E-state index contributed by atoms with van der Waals surface area (Å²) in [7, 11) is 1.43. The Labute approximate surface area is 130 Å². The molecule has 0 N–H and O–H groups in total. The molecule has 3 amide bonds. The minimum atomic E-state index is -2.46. The van der Waals surface area contributed by atoms with E-state index >= 15 is 4.39 Å². The molecule has 2 aliphatic heterocycles. The molecule has 118 valence electrons. The van der Waals surface area contributed by atoms with Crippen molar-refractivity contribution in [1.82, 2.24) is 9.80 Å². The number of carbonyl (C=O) groups is 3. The molecule has 0 radical (unpaired) electrons. The average molecular weight is 326 g/mol. The van der Waals surface area contributed by atoms with Crippen LogP contribution in [0.25, 0.3) is 0 Å². The number of halogens is 1. The van der Waals surface area contributed by atoms with E-state index in [2.05, 4.69) is 0 Å². The van der Waals surface area contributed by atoms with Crippen molar-refractivity contribution in [2.75, 3.05) is 20.3 Å². The molecule has 0 aromatic carbocycles. The molecule has 0 spiro atoms. The van der Waals surface area contributed by atoms with Crippen molar-refractivity contribution in [1.29, 1.82) is 0 Å². The Hall–Kier alpha value is -1.80. The van der Waals surface area contributed by atoms with E-state index in [1.165, 1.54) is 18.4 Å². The Morgan fingerprint density at radius 2 is 2.14 bits per heavy atom. The fourth-order valence-corrected chi connectivity index (χ4v) is 3.62. The quantitative estimate of drug-likeness (QED) is 0.615. The molecule has 0 bridgehead atoms. The van der Waals surface area contributed by atoms with Crippen LogP contribution in [-0.2, 0) is 20.9 Å². The van der Waals surface area contributed by atoms with Crippen LogP contribution in [0.3, 0.4) is 0 Å². The van der Waals surface area contributed by atoms with Crippen LogP contribution in [0.1, 0.15) is 28.8 Å². The smallest absolute Gasteiger partial charge is 0.288 e. The van der Waals surface area contributed by atoms with Crippen molar-refractivity contribution < 1.29 is 23.5 Å². The minimum Gasteiger partial charge on any atom is -0.383 e. The van der Waals surface area contributed by atoms with E-state index in [0.29, 0.717) is 5.56 Å². The van der Waals surface area contributed by atoms with Crippen molar-refractivity contribution in [3.05, 3.63) is 21.9 Å². The Balaban J connectivity index is 1.86. The Bertz CT molecular complexity index is 647. The highest BCUT2D eigenvalue weighted by molar-refractivity contribution is 7.08. The van der Waals surface area contributed by atoms with Gasteiger partial charge >= 0.3 is 0 Å². The summed E-state index contributed by atoms with van der Waals surface area (Å²) in [6.45, 7) is 0.184. The average Bonchev–Trinajstić information content (AvgIpc) is 3.07. The molecule has 1 aromatic heterocycles. The molecule has 8 heteroatoms. The number of nitrogens with zero attached hydrogens (tertiary/aromatic N) is 2. The van der Waals surface area contributed by atoms with Gasteiger partial charge in [-0.05, 0) is 10.9 Å². The number of rotatable bonds is 4. The highest BCUT2D eigenvalue weighted by Gasteiger charge is 2.55. The number of piperidine rings is 1. The van der Waals surface area contributed by atoms with E-state index in [9.17, 15) is 14.4 Å². The van der Waals surface area contributed by atoms with Gasteiger partial charge in [0.15, 0.2) is 0 Å². The molecule has 3 heterocycles. The monoisotopic (exact) mass is 326 g/mol. The van der Waals surface area contributed by atoms with Gasteiger partial charge in [-0.15, -0.1) is 0 Å². The predicted molar refractivity (Wildman–Crippen MR) is 75.9 cm³/mol. The summed E-state index contributed by atoms with van der Waals surface area (Å²) in [5.74, 6) is -4.36. The van der Waals surface area contributed by atoms with Crippen LogP contribution in [0.2, 0.25) is 0 Å². The van der Waals surface area contributed by atoms with Gasteiger partial charge in [0.05, 0.1) is 25.3 Å². The Morgan fingerprint density at radius 3 is 2.82 bits per heavy atom. The topological polar surface area (TPSA) is 66.9 Å². The zero-order valence-electron chi connectivity index (χ0n) is 12.0. The number of thiophene rings is 1. The zero-order chi connectivity index (χ0) is 15.9. The van der Waals surface area contributed by atoms with E-state index in [4.69, 9.17) is 4.74 Å². The summed E-state index contributed by atoms with van der Waals surface area (Å²) in [6, 6.07) is 0. The number of carbonyl (C=O) groups excluding carboxylic acids is 3. The summed E-state index contributed by atoms with van der Waals surface area (Å²) in [5, 5.41) is 3.43. The van der Waals surface area contributed by atoms with Crippen LogP contribution < -0.4 is 0 Å². The molecule has 1 aromatic rings. The van der Waals surface area contributed by atoms with Gasteiger partial charge in [-0.1, -0.05) is 0 Å². The SMILES string of the molecule is COCCN1C(=O)CC[C@@](F)(N2Cc3cscc3C2=O)C1=O. The van der Waals surface area contributed by atoms with Crippen LogP contribution >= 0.6 is 11.3 Å². The highest BCUT2D eigenvalue weighted by Crippen LogP contribution is 2.38. The molecule has 1 saturated heterocycles. The maximum absolute atomic E-state index is 15.3. The molecular formula is C14H15FN2O4S. The number of ether oxygens (including phenoxy) is 1. The van der Waals surface area contributed by atoms with Gasteiger partial charge in [0.2, 0.25) is 5.91 Å². The van der Waals surface area contributed by atoms with Crippen LogP contribution in [0, 0.1) is 0 Å². The fourth-order valence-electron chi connectivity index (χ4n) is 2.80. The Morgan fingerprint density at radius 1 is 1.36 bits per heavy atom. The van der Waals surface area contributed by atoms with Crippen molar-refractivity contribution in [3.8, 4) is 0 Å². The molecule has 1 atom stereocenters. The van der Waals surface area contributed by atoms with Crippen LogP contribution in [0.4, 0.5) is 4.39 Å². The number of likely N-dealkylation sites (tertiary alicyclic amines) is 1. The van der Waals surface area contributed by atoms with Crippen molar-refractivity contribution in [2.24, 2.45) is 0 Å². The summed E-state index contributed by atoms with van der Waals surface area (Å²) in [6.07, 6.45) is -0.407. The molecule has 0 saturated carbocycles. The van der Waals surface area contributed by atoms with Gasteiger partial charge < -0.3 is 4.74 Å². The van der Waals surface area contributed by atoms with Gasteiger partial charge in [0.1, 0.15) is 0 Å². The molecule has 0 unspecified atom stereocenters. The molecule has 22 heavy (non-hydrogen) atoms. The maximum atomic E-state index is 15.3. The second kappa shape index (κ2) is 5.44. The third-order valence-corrected chi connectivity index (χ3v) is 4.83. The largest absolute Gasteiger partial charge is 0.383 e. The van der Waals surface area contributed by atoms with E-state index < -0.39 is 23.5 Å². The second-order valence-electron chi connectivity index (χ2n) is 5.30. The lowest BCUT2D eigenvalue weighted by atomic mass is 9.99. The maximum Gasteiger partial charge on any atom is 0.288 e. The van der Waals surface area contributed by atoms with Crippen molar-refractivity contribution in [2.45, 2.75) is 25.2 Å². The number of fused-ring (bicyclic) bond motifs is 1. The Kier molecular flexibility index (Phi) is 3.73. The zero-order valence-corrected chi connectivity index (χ0v) is 12.8. The third kappa shape index (κ3) is 2.14. The number of imide groups is 1. The second-order valence-corrected chi connectivity index (χ2v) is 6.05. The molecule has 2 aliphatic rings. The molecular weight excluding hydrogens is 311 g/mol. The first kappa shape index (κ1) is 15.1. The first-order valence-corrected chi connectivity index (χ1v) is 7.83. The summed E-state index contributed by atoms with van der Waals surface area (Å²) in [4.78, 5) is 38.4. The van der Waals surface area contributed by atoms with Crippen molar-refractivity contribution >= 4 is 29.1 Å². The lowest BCUT2D eigenvalue weighted by Gasteiger charge is -2.40. The standard InChI is InChI=1S/C14H15FN2O4S/c1-21-5-4-16-11(18)2-3-14(15,13(16)20)17-6-9-7-22-8-10(9)12(17)19/h7-8H,2-6H2,1H3/t14-/m1/s1. The van der Waals surface area contributed by atoms with Gasteiger partial charge in [-0.2, -0.15) is 11.3 Å². The van der Waals surface area contributed by atoms with Gasteiger partial charge in [-0.3, -0.25) is 24.2 Å². The van der Waals surface area contributed by atoms with Crippen LogP contribution in [0.5, 0.6) is 0 Å². The summed E-state index contributed by atoms with van der Waals surface area (Å²) in [5.41, 5.74) is 1.16. The predicted octanol–water partition coefficient (Wildman–Crippen LogP) is 1.17. The number of methoxy groups -OCH3 is 1. The summed E-state index contributed by atoms with van der Waals surface area (Å²) >= 11 is 1.37. The number of amides is 3. The van der Waals surface area contributed by atoms with E-state index in [1.807, 2.05) is 0 Å². The van der Waals surface area contributed by atoms with E-state index in [-0.39, 0.29) is 32.5 Å². The van der Waals surface area contributed by atoms with Crippen LogP contribution in [0.15, 0.2) is 10.8 Å². The fraction of sp³-hybridized carbons (Fsp3) is 0.500. The lowest BCUT2D eigenvalue weighted by molar-refractivity contribution is -0.170. The van der Waals surface area contributed by atoms with Gasteiger partial charge in [0, 0.05) is 25.3 Å². The molecule has 6 nitrogen and oxygen atoms in total. The van der Waals surface area contributed by atoms with Gasteiger partial charge in [-0.25, -0.2) is 4.39 Å².